The van der Waals surface area contributed by atoms with Crippen LogP contribution >= 0.6 is 12.2 Å². The maximum absolute atomic E-state index is 12.4. The average Bonchev–Trinajstić information content (AvgIpc) is 2.83. The van der Waals surface area contributed by atoms with E-state index >= 15 is 0 Å². The number of ether oxygens (including phenoxy) is 1. The highest BCUT2D eigenvalue weighted by Crippen LogP contribution is 2.32. The zero-order valence-corrected chi connectivity index (χ0v) is 12.5. The van der Waals surface area contributed by atoms with Crippen LogP contribution in [0.3, 0.4) is 0 Å². The predicted molar refractivity (Wildman–Crippen MR) is 76.9 cm³/mol. The summed E-state index contributed by atoms with van der Waals surface area (Å²) in [6.07, 6.45) is 2.30. The molecular weight excluding hydrogens is 276 g/mol. The Balaban J connectivity index is 2.14. The van der Waals surface area contributed by atoms with Crippen molar-refractivity contribution in [3.8, 4) is 0 Å². The number of carbonyl (C=O) groups excluding carboxylic acids is 2. The summed E-state index contributed by atoms with van der Waals surface area (Å²) in [5.74, 6) is -0.381. The van der Waals surface area contributed by atoms with Crippen LogP contribution in [0.5, 0.6) is 0 Å². The molecule has 1 saturated heterocycles. The van der Waals surface area contributed by atoms with E-state index in [0.29, 0.717) is 36.3 Å². The van der Waals surface area contributed by atoms with E-state index in [1.807, 2.05) is 6.92 Å². The number of aromatic amines is 1. The van der Waals surface area contributed by atoms with E-state index < -0.39 is 5.41 Å². The molecule has 1 aliphatic rings. The summed E-state index contributed by atoms with van der Waals surface area (Å²) in [6, 6.07) is 3.44. The lowest BCUT2D eigenvalue weighted by molar-refractivity contribution is -0.153. The number of carbonyl (C=O) groups is 2. The minimum Gasteiger partial charge on any atom is -0.466 e. The van der Waals surface area contributed by atoms with E-state index in [9.17, 15) is 9.59 Å². The number of likely N-dealkylation sites (tertiary alicyclic amines) is 1. The quantitative estimate of drug-likeness (QED) is 0.685. The first kappa shape index (κ1) is 14.7. The van der Waals surface area contributed by atoms with Gasteiger partial charge in [0.1, 0.15) is 4.64 Å². The fourth-order valence-electron chi connectivity index (χ4n) is 2.37. The Labute approximate surface area is 122 Å². The largest absolute Gasteiger partial charge is 0.466 e. The molecule has 0 spiro atoms. The van der Waals surface area contributed by atoms with Gasteiger partial charge in [-0.2, -0.15) is 0 Å². The third-order valence-corrected chi connectivity index (χ3v) is 3.92. The molecule has 0 unspecified atom stereocenters. The highest BCUT2D eigenvalue weighted by atomic mass is 32.1. The minimum atomic E-state index is -0.619. The third kappa shape index (κ3) is 2.75. The van der Waals surface area contributed by atoms with Crippen LogP contribution in [0.2, 0.25) is 0 Å². The molecule has 0 radical (unpaired) electrons. The van der Waals surface area contributed by atoms with Crippen molar-refractivity contribution in [2.24, 2.45) is 5.41 Å². The third-order valence-electron chi connectivity index (χ3n) is 3.58. The zero-order valence-electron chi connectivity index (χ0n) is 11.6. The maximum atomic E-state index is 12.4. The van der Waals surface area contributed by atoms with Crippen molar-refractivity contribution in [2.45, 2.75) is 20.3 Å². The van der Waals surface area contributed by atoms with Gasteiger partial charge < -0.3 is 14.6 Å². The molecule has 1 fully saturated rings. The molecule has 2 rings (SSSR count). The molecule has 1 aromatic rings. The smallest absolute Gasteiger partial charge is 0.313 e. The number of rotatable bonds is 3. The lowest BCUT2D eigenvalue weighted by Crippen LogP contribution is -2.36. The van der Waals surface area contributed by atoms with Crippen molar-refractivity contribution in [3.63, 3.8) is 0 Å². The second kappa shape index (κ2) is 5.75. The fourth-order valence-corrected chi connectivity index (χ4v) is 2.59. The highest BCUT2D eigenvalue weighted by molar-refractivity contribution is 7.71. The molecule has 6 heteroatoms. The second-order valence-electron chi connectivity index (χ2n) is 5.17. The molecule has 108 valence electrons. The minimum absolute atomic E-state index is 0.139. The summed E-state index contributed by atoms with van der Waals surface area (Å²) >= 11 is 5.12. The van der Waals surface area contributed by atoms with Gasteiger partial charge in [0.05, 0.1) is 17.6 Å². The van der Waals surface area contributed by atoms with Crippen LogP contribution in [0.15, 0.2) is 18.3 Å². The van der Waals surface area contributed by atoms with Crippen molar-refractivity contribution in [2.75, 3.05) is 19.7 Å². The number of pyridine rings is 1. The lowest BCUT2D eigenvalue weighted by Gasteiger charge is -2.22. The van der Waals surface area contributed by atoms with Crippen LogP contribution in [0.25, 0.3) is 0 Å². The van der Waals surface area contributed by atoms with E-state index in [4.69, 9.17) is 17.0 Å². The molecule has 1 aliphatic heterocycles. The number of amides is 1. The number of hydrogen-bond donors (Lipinski definition) is 1. The van der Waals surface area contributed by atoms with E-state index in [1.54, 1.807) is 30.2 Å². The van der Waals surface area contributed by atoms with Crippen LogP contribution in [-0.2, 0) is 9.53 Å². The number of nitrogens with one attached hydrogen (secondary N) is 1. The molecule has 0 saturated carbocycles. The Morgan fingerprint density at radius 3 is 2.95 bits per heavy atom. The molecule has 1 aromatic heterocycles. The molecule has 1 atom stereocenters. The van der Waals surface area contributed by atoms with Gasteiger partial charge in [-0.1, -0.05) is 12.2 Å². The van der Waals surface area contributed by atoms with Crippen molar-refractivity contribution in [3.05, 3.63) is 28.5 Å². The summed E-state index contributed by atoms with van der Waals surface area (Å²) in [5.41, 5.74) is -0.151. The lowest BCUT2D eigenvalue weighted by atomic mass is 9.90. The predicted octanol–water partition coefficient (Wildman–Crippen LogP) is 2.16. The van der Waals surface area contributed by atoms with Gasteiger partial charge in [-0.25, -0.2) is 0 Å². The maximum Gasteiger partial charge on any atom is 0.313 e. The van der Waals surface area contributed by atoms with Gasteiger partial charge in [-0.15, -0.1) is 0 Å². The Kier molecular flexibility index (Phi) is 4.23. The monoisotopic (exact) mass is 294 g/mol. The van der Waals surface area contributed by atoms with Crippen LogP contribution in [0.4, 0.5) is 0 Å². The van der Waals surface area contributed by atoms with Crippen LogP contribution in [0.1, 0.15) is 30.6 Å². The number of nitrogens with zero attached hydrogens (tertiary/aromatic N) is 1. The fraction of sp³-hybridized carbons (Fsp3) is 0.500. The van der Waals surface area contributed by atoms with Gasteiger partial charge in [-0.3, -0.25) is 9.59 Å². The first-order valence-electron chi connectivity index (χ1n) is 6.62. The molecule has 5 nitrogen and oxygen atoms in total. The van der Waals surface area contributed by atoms with E-state index in [2.05, 4.69) is 4.98 Å². The molecule has 0 bridgehead atoms. The van der Waals surface area contributed by atoms with Gasteiger partial charge >= 0.3 is 5.97 Å². The van der Waals surface area contributed by atoms with Gasteiger partial charge in [0.15, 0.2) is 0 Å². The van der Waals surface area contributed by atoms with Crippen molar-refractivity contribution >= 4 is 24.1 Å². The number of esters is 1. The number of H-pyrrole nitrogens is 1. The number of aromatic nitrogens is 1. The van der Waals surface area contributed by atoms with Gasteiger partial charge in [-0.05, 0) is 32.4 Å². The van der Waals surface area contributed by atoms with Crippen LogP contribution in [0, 0.1) is 10.1 Å². The standard InChI is InChI=1S/C14H18N2O3S/c1-3-19-13(18)14(2)6-8-16(9-14)12(17)10-5-4-7-15-11(10)20/h4-5,7H,3,6,8-9H2,1-2H3,(H,15,20)/t14-/m1/s1. The van der Waals surface area contributed by atoms with Crippen LogP contribution < -0.4 is 0 Å². The van der Waals surface area contributed by atoms with Crippen LogP contribution in [-0.4, -0.2) is 41.5 Å². The number of hydrogen-bond acceptors (Lipinski definition) is 4. The van der Waals surface area contributed by atoms with Crippen molar-refractivity contribution in [1.82, 2.24) is 9.88 Å². The summed E-state index contributed by atoms with van der Waals surface area (Å²) in [5, 5.41) is 0. The SMILES string of the molecule is CCOC(=O)[C@]1(C)CCN(C(=O)c2ccc[nH]c2=S)C1. The van der Waals surface area contributed by atoms with Crippen molar-refractivity contribution < 1.29 is 14.3 Å². The van der Waals surface area contributed by atoms with Gasteiger partial charge in [0, 0.05) is 19.3 Å². The van der Waals surface area contributed by atoms with E-state index in [0.717, 1.165) is 0 Å². The Morgan fingerprint density at radius 1 is 1.55 bits per heavy atom. The molecule has 20 heavy (non-hydrogen) atoms. The average molecular weight is 294 g/mol. The highest BCUT2D eigenvalue weighted by Gasteiger charge is 2.43. The Bertz CT molecular complexity index is 584. The molecule has 2 heterocycles. The first-order valence-corrected chi connectivity index (χ1v) is 7.03. The molecule has 0 aliphatic carbocycles. The summed E-state index contributed by atoms with van der Waals surface area (Å²) in [7, 11) is 0. The molecule has 1 N–H and O–H groups in total. The van der Waals surface area contributed by atoms with E-state index in [-0.39, 0.29) is 11.9 Å². The Morgan fingerprint density at radius 2 is 2.30 bits per heavy atom. The van der Waals surface area contributed by atoms with Crippen molar-refractivity contribution in [1.29, 1.82) is 0 Å². The van der Waals surface area contributed by atoms with Gasteiger partial charge in [0.25, 0.3) is 5.91 Å². The van der Waals surface area contributed by atoms with Gasteiger partial charge in [0.2, 0.25) is 0 Å². The molecule has 1 amide bonds. The zero-order chi connectivity index (χ0) is 14.8. The van der Waals surface area contributed by atoms with E-state index in [1.165, 1.54) is 0 Å². The summed E-state index contributed by atoms with van der Waals surface area (Å²) < 4.78 is 5.50. The molecular formula is C14H18N2O3S. The second-order valence-corrected chi connectivity index (χ2v) is 5.58. The summed E-state index contributed by atoms with van der Waals surface area (Å²) in [4.78, 5) is 28.9. The Hall–Kier alpha value is -1.69. The normalized spacial score (nSPS) is 21.8. The summed E-state index contributed by atoms with van der Waals surface area (Å²) in [6.45, 7) is 4.88. The topological polar surface area (TPSA) is 62.4 Å². The first-order chi connectivity index (χ1) is 9.48. The molecule has 0 aromatic carbocycles.